The SMILES string of the molecule is CCC(C)(C)OC(C)(C)C(C)C(Cl)Cl. The summed E-state index contributed by atoms with van der Waals surface area (Å²) in [5.74, 6) is 0.108. The zero-order valence-electron chi connectivity index (χ0n) is 10.0. The maximum Gasteiger partial charge on any atom is 0.113 e. The van der Waals surface area contributed by atoms with Crippen LogP contribution in [0.25, 0.3) is 0 Å². The summed E-state index contributed by atoms with van der Waals surface area (Å²) < 4.78 is 6.03. The van der Waals surface area contributed by atoms with Crippen LogP contribution in [-0.2, 0) is 4.74 Å². The van der Waals surface area contributed by atoms with Gasteiger partial charge in [-0.3, -0.25) is 0 Å². The van der Waals surface area contributed by atoms with E-state index in [-0.39, 0.29) is 17.1 Å². The Bertz CT molecular complexity index is 176. The van der Waals surface area contributed by atoms with E-state index in [0.29, 0.717) is 0 Å². The summed E-state index contributed by atoms with van der Waals surface area (Å²) in [6.45, 7) is 12.4. The molecule has 0 amide bonds. The van der Waals surface area contributed by atoms with Crippen molar-refractivity contribution in [3.63, 3.8) is 0 Å². The molecule has 0 aliphatic carbocycles. The van der Waals surface area contributed by atoms with Gasteiger partial charge in [0.15, 0.2) is 0 Å². The highest BCUT2D eigenvalue weighted by molar-refractivity contribution is 6.44. The molecule has 86 valence electrons. The molecule has 3 heteroatoms. The van der Waals surface area contributed by atoms with Crippen molar-refractivity contribution in [2.24, 2.45) is 5.92 Å². The Morgan fingerprint density at radius 3 is 1.86 bits per heavy atom. The number of hydrogen-bond donors (Lipinski definition) is 0. The molecule has 0 aliphatic heterocycles. The standard InChI is InChI=1S/C11H22Cl2O/c1-7-10(3,4)14-11(5,6)8(2)9(12)13/h8-9H,7H2,1-6H3. The minimum atomic E-state index is -0.391. The second-order valence-electron chi connectivity index (χ2n) is 4.94. The summed E-state index contributed by atoms with van der Waals surface area (Å²) in [7, 11) is 0. The van der Waals surface area contributed by atoms with Gasteiger partial charge in [0.05, 0.1) is 11.2 Å². The van der Waals surface area contributed by atoms with Gasteiger partial charge in [-0.15, -0.1) is 23.2 Å². The van der Waals surface area contributed by atoms with E-state index in [4.69, 9.17) is 27.9 Å². The fraction of sp³-hybridized carbons (Fsp3) is 1.00. The lowest BCUT2D eigenvalue weighted by Crippen LogP contribution is -2.43. The van der Waals surface area contributed by atoms with Gasteiger partial charge in [0.25, 0.3) is 0 Å². The summed E-state index contributed by atoms with van der Waals surface area (Å²) in [5, 5.41) is 0. The number of alkyl halides is 2. The van der Waals surface area contributed by atoms with Crippen molar-refractivity contribution in [1.82, 2.24) is 0 Å². The topological polar surface area (TPSA) is 9.23 Å². The van der Waals surface area contributed by atoms with Crippen LogP contribution in [0.15, 0.2) is 0 Å². The van der Waals surface area contributed by atoms with Gasteiger partial charge in [0, 0.05) is 5.92 Å². The second-order valence-corrected chi connectivity index (χ2v) is 6.11. The van der Waals surface area contributed by atoms with E-state index >= 15 is 0 Å². The molecule has 0 bridgehead atoms. The zero-order valence-corrected chi connectivity index (χ0v) is 11.5. The highest BCUT2D eigenvalue weighted by Crippen LogP contribution is 2.33. The number of ether oxygens (including phenoxy) is 1. The lowest BCUT2D eigenvalue weighted by atomic mass is 9.92. The first-order valence-electron chi connectivity index (χ1n) is 5.10. The first-order valence-corrected chi connectivity index (χ1v) is 5.98. The molecule has 0 saturated carbocycles. The second kappa shape index (κ2) is 5.05. The Labute approximate surface area is 98.1 Å². The van der Waals surface area contributed by atoms with E-state index in [0.717, 1.165) is 6.42 Å². The van der Waals surface area contributed by atoms with Crippen LogP contribution >= 0.6 is 23.2 Å². The van der Waals surface area contributed by atoms with Gasteiger partial charge in [-0.1, -0.05) is 13.8 Å². The summed E-state index contributed by atoms with van der Waals surface area (Å²) >= 11 is 11.7. The molecule has 0 rings (SSSR count). The van der Waals surface area contributed by atoms with Crippen molar-refractivity contribution in [2.45, 2.75) is 64.0 Å². The molecule has 0 radical (unpaired) electrons. The Hall–Kier alpha value is 0.540. The van der Waals surface area contributed by atoms with Crippen LogP contribution in [-0.4, -0.2) is 16.0 Å². The quantitative estimate of drug-likeness (QED) is 0.648. The molecule has 1 unspecified atom stereocenters. The number of hydrogen-bond acceptors (Lipinski definition) is 1. The van der Waals surface area contributed by atoms with Gasteiger partial charge in [-0.25, -0.2) is 0 Å². The van der Waals surface area contributed by atoms with Gasteiger partial charge < -0.3 is 4.74 Å². The predicted octanol–water partition coefficient (Wildman–Crippen LogP) is 4.41. The molecule has 0 aromatic heterocycles. The average molecular weight is 241 g/mol. The first kappa shape index (κ1) is 14.5. The minimum absolute atomic E-state index is 0.108. The highest BCUT2D eigenvalue weighted by Gasteiger charge is 2.35. The molecule has 0 aromatic rings. The summed E-state index contributed by atoms with van der Waals surface area (Å²) in [4.78, 5) is -0.391. The Morgan fingerprint density at radius 1 is 1.14 bits per heavy atom. The van der Waals surface area contributed by atoms with Gasteiger partial charge in [0.2, 0.25) is 0 Å². The fourth-order valence-electron chi connectivity index (χ4n) is 1.18. The van der Waals surface area contributed by atoms with Crippen molar-refractivity contribution >= 4 is 23.2 Å². The van der Waals surface area contributed by atoms with Gasteiger partial charge in [-0.05, 0) is 34.1 Å². The highest BCUT2D eigenvalue weighted by atomic mass is 35.5. The van der Waals surface area contributed by atoms with Gasteiger partial charge >= 0.3 is 0 Å². The third-order valence-electron chi connectivity index (χ3n) is 2.87. The molecule has 0 fully saturated rings. The normalized spacial score (nSPS) is 16.1. The molecule has 0 aliphatic rings. The fourth-order valence-corrected chi connectivity index (χ4v) is 1.79. The summed E-state index contributed by atoms with van der Waals surface area (Å²) in [6, 6.07) is 0. The third kappa shape index (κ3) is 4.37. The van der Waals surface area contributed by atoms with Crippen LogP contribution in [0.2, 0.25) is 0 Å². The van der Waals surface area contributed by atoms with Crippen LogP contribution in [0, 0.1) is 5.92 Å². The predicted molar refractivity (Wildman–Crippen MR) is 64.2 cm³/mol. The number of halogens is 2. The van der Waals surface area contributed by atoms with Crippen molar-refractivity contribution < 1.29 is 4.74 Å². The van der Waals surface area contributed by atoms with Crippen LogP contribution < -0.4 is 0 Å². The van der Waals surface area contributed by atoms with Crippen LogP contribution in [0.1, 0.15) is 48.0 Å². The van der Waals surface area contributed by atoms with Gasteiger partial charge in [0.1, 0.15) is 4.84 Å². The van der Waals surface area contributed by atoms with E-state index in [1.807, 2.05) is 20.8 Å². The maximum absolute atomic E-state index is 6.03. The maximum atomic E-state index is 6.03. The molecule has 0 spiro atoms. The minimum Gasteiger partial charge on any atom is -0.369 e. The van der Waals surface area contributed by atoms with Crippen molar-refractivity contribution in [3.05, 3.63) is 0 Å². The molecule has 1 atom stereocenters. The zero-order chi connectivity index (χ0) is 11.6. The van der Waals surface area contributed by atoms with Crippen LogP contribution in [0.5, 0.6) is 0 Å². The molecular formula is C11H22Cl2O. The Balaban J connectivity index is 4.48. The molecule has 0 N–H and O–H groups in total. The Morgan fingerprint density at radius 2 is 1.57 bits per heavy atom. The largest absolute Gasteiger partial charge is 0.369 e. The summed E-state index contributed by atoms with van der Waals surface area (Å²) in [6.07, 6.45) is 0.971. The van der Waals surface area contributed by atoms with Crippen molar-refractivity contribution in [3.8, 4) is 0 Å². The lowest BCUT2D eigenvalue weighted by Gasteiger charge is -2.40. The van der Waals surface area contributed by atoms with Crippen LogP contribution in [0.3, 0.4) is 0 Å². The molecule has 1 nitrogen and oxygen atoms in total. The van der Waals surface area contributed by atoms with Crippen LogP contribution in [0.4, 0.5) is 0 Å². The van der Waals surface area contributed by atoms with E-state index in [9.17, 15) is 0 Å². The average Bonchev–Trinajstić information content (AvgIpc) is 2.01. The van der Waals surface area contributed by atoms with Crippen molar-refractivity contribution in [1.29, 1.82) is 0 Å². The smallest absolute Gasteiger partial charge is 0.113 e. The van der Waals surface area contributed by atoms with E-state index < -0.39 is 4.84 Å². The van der Waals surface area contributed by atoms with E-state index in [1.54, 1.807) is 0 Å². The van der Waals surface area contributed by atoms with E-state index in [2.05, 4.69) is 20.8 Å². The third-order valence-corrected chi connectivity index (χ3v) is 3.62. The summed E-state index contributed by atoms with van der Waals surface area (Å²) in [5.41, 5.74) is -0.423. The molecule has 0 heterocycles. The molecule has 0 saturated heterocycles. The monoisotopic (exact) mass is 240 g/mol. The van der Waals surface area contributed by atoms with Crippen molar-refractivity contribution in [2.75, 3.05) is 0 Å². The Kier molecular flexibility index (Phi) is 5.24. The number of rotatable bonds is 5. The van der Waals surface area contributed by atoms with Gasteiger partial charge in [-0.2, -0.15) is 0 Å². The molecule has 14 heavy (non-hydrogen) atoms. The van der Waals surface area contributed by atoms with E-state index in [1.165, 1.54) is 0 Å². The molecule has 0 aromatic carbocycles. The lowest BCUT2D eigenvalue weighted by molar-refractivity contribution is -0.145. The first-order chi connectivity index (χ1) is 6.12. The molecular weight excluding hydrogens is 219 g/mol.